The van der Waals surface area contributed by atoms with Crippen LogP contribution in [0.1, 0.15) is 52.5 Å². The number of carbonyl (C=O) groups is 2. The molecule has 0 spiro atoms. The van der Waals surface area contributed by atoms with Gasteiger partial charge in [0.1, 0.15) is 11.3 Å². The summed E-state index contributed by atoms with van der Waals surface area (Å²) >= 11 is 0. The molecule has 120 valence electrons. The summed E-state index contributed by atoms with van der Waals surface area (Å²) < 4.78 is 4.98. The predicted molar refractivity (Wildman–Crippen MR) is 87.9 cm³/mol. The highest BCUT2D eigenvalue weighted by Gasteiger charge is 2.15. The van der Waals surface area contributed by atoms with Gasteiger partial charge >= 0.3 is 5.97 Å². The summed E-state index contributed by atoms with van der Waals surface area (Å²) in [4.78, 5) is 23.9. The molecule has 4 heteroatoms. The second kappa shape index (κ2) is 7.58. The first-order valence-corrected chi connectivity index (χ1v) is 7.61. The van der Waals surface area contributed by atoms with Crippen LogP contribution in [0.15, 0.2) is 48.5 Å². The Balaban J connectivity index is 1.97. The normalized spacial score (nSPS) is 11.7. The zero-order valence-corrected chi connectivity index (χ0v) is 13.3. The van der Waals surface area contributed by atoms with Gasteiger partial charge in [-0.25, -0.2) is 4.79 Å². The summed E-state index contributed by atoms with van der Waals surface area (Å²) in [7, 11) is 0. The zero-order chi connectivity index (χ0) is 16.8. The maximum atomic E-state index is 12.1. The molecule has 0 fully saturated rings. The monoisotopic (exact) mass is 312 g/mol. The van der Waals surface area contributed by atoms with Crippen LogP contribution < -0.4 is 0 Å². The molecule has 2 aromatic rings. The Labute approximate surface area is 135 Å². The highest BCUT2D eigenvalue weighted by Crippen LogP contribution is 2.19. The Morgan fingerprint density at radius 2 is 1.74 bits per heavy atom. The molecule has 0 aliphatic heterocycles. The molecule has 0 aromatic heterocycles. The van der Waals surface area contributed by atoms with Gasteiger partial charge in [-0.15, -0.1) is 0 Å². The van der Waals surface area contributed by atoms with Crippen molar-refractivity contribution in [1.82, 2.24) is 0 Å². The van der Waals surface area contributed by atoms with E-state index in [2.05, 4.69) is 13.8 Å². The highest BCUT2D eigenvalue weighted by atomic mass is 16.5. The number of rotatable bonds is 6. The minimum atomic E-state index is -0.715. The summed E-state index contributed by atoms with van der Waals surface area (Å²) in [5, 5.41) is 9.58. The molecule has 0 aliphatic carbocycles. The van der Waals surface area contributed by atoms with Gasteiger partial charge in [-0.2, -0.15) is 0 Å². The summed E-state index contributed by atoms with van der Waals surface area (Å²) in [5.74, 6) is -0.710. The van der Waals surface area contributed by atoms with E-state index in [9.17, 15) is 14.7 Å². The summed E-state index contributed by atoms with van der Waals surface area (Å²) in [6, 6.07) is 13.4. The largest absolute Gasteiger partial charge is 0.507 e. The predicted octanol–water partition coefficient (Wildman–Crippen LogP) is 3.95. The Bertz CT molecular complexity index is 689. The van der Waals surface area contributed by atoms with E-state index in [1.54, 1.807) is 24.3 Å². The lowest BCUT2D eigenvalue weighted by Gasteiger charge is -2.10. The maximum absolute atomic E-state index is 12.1. The number of carbonyl (C=O) groups excluding carboxylic acids is 2. The summed E-state index contributed by atoms with van der Waals surface area (Å²) in [6.07, 6.45) is 1.03. The van der Waals surface area contributed by atoms with Crippen LogP contribution in [0.3, 0.4) is 0 Å². The van der Waals surface area contributed by atoms with Crippen molar-refractivity contribution in [2.45, 2.75) is 26.2 Å². The van der Waals surface area contributed by atoms with E-state index in [1.165, 1.54) is 17.7 Å². The van der Waals surface area contributed by atoms with Crippen LogP contribution in [0.4, 0.5) is 0 Å². The third-order valence-corrected chi connectivity index (χ3v) is 3.87. The molecule has 0 unspecified atom stereocenters. The van der Waals surface area contributed by atoms with Gasteiger partial charge in [-0.1, -0.05) is 50.2 Å². The van der Waals surface area contributed by atoms with Gasteiger partial charge in [0.15, 0.2) is 12.4 Å². The second-order valence-electron chi connectivity index (χ2n) is 5.45. The third-order valence-electron chi connectivity index (χ3n) is 3.87. The van der Waals surface area contributed by atoms with Crippen molar-refractivity contribution in [3.8, 4) is 5.75 Å². The number of Topliss-reactive ketones (excluding diaryl/α,β-unsaturated/α-hetero) is 1. The minimum absolute atomic E-state index is 0.0485. The molecule has 2 rings (SSSR count). The molecule has 23 heavy (non-hydrogen) atoms. The molecule has 1 N–H and O–H groups in total. The molecule has 0 bridgehead atoms. The number of para-hydroxylation sites is 1. The van der Waals surface area contributed by atoms with Crippen molar-refractivity contribution in [1.29, 1.82) is 0 Å². The van der Waals surface area contributed by atoms with Crippen molar-refractivity contribution in [2.24, 2.45) is 0 Å². The maximum Gasteiger partial charge on any atom is 0.342 e. The van der Waals surface area contributed by atoms with E-state index < -0.39 is 5.97 Å². The lowest BCUT2D eigenvalue weighted by atomic mass is 9.97. The molecule has 4 nitrogen and oxygen atoms in total. The van der Waals surface area contributed by atoms with Gasteiger partial charge < -0.3 is 9.84 Å². The number of esters is 1. The van der Waals surface area contributed by atoms with Crippen LogP contribution in [0.25, 0.3) is 0 Å². The smallest absolute Gasteiger partial charge is 0.342 e. The van der Waals surface area contributed by atoms with Crippen LogP contribution in [-0.2, 0) is 4.74 Å². The van der Waals surface area contributed by atoms with Crippen LogP contribution in [-0.4, -0.2) is 23.5 Å². The quantitative estimate of drug-likeness (QED) is 0.648. The van der Waals surface area contributed by atoms with Gasteiger partial charge in [-0.05, 0) is 30.0 Å². The Morgan fingerprint density at radius 3 is 2.35 bits per heavy atom. The average molecular weight is 312 g/mol. The molecule has 0 heterocycles. The molecule has 2 aromatic carbocycles. The van der Waals surface area contributed by atoms with Crippen LogP contribution >= 0.6 is 0 Å². The molecular weight excluding hydrogens is 292 g/mol. The number of phenolic OH excluding ortho intramolecular Hbond substituents is 1. The topological polar surface area (TPSA) is 63.6 Å². The molecule has 0 saturated heterocycles. The fourth-order valence-electron chi connectivity index (χ4n) is 2.17. The first-order valence-electron chi connectivity index (χ1n) is 7.61. The number of ether oxygens (including phenoxy) is 1. The van der Waals surface area contributed by atoms with E-state index in [0.29, 0.717) is 11.5 Å². The average Bonchev–Trinajstić information content (AvgIpc) is 2.59. The fraction of sp³-hybridized carbons (Fsp3) is 0.263. The van der Waals surface area contributed by atoms with Crippen molar-refractivity contribution in [2.75, 3.05) is 6.61 Å². The number of benzene rings is 2. The minimum Gasteiger partial charge on any atom is -0.507 e. The van der Waals surface area contributed by atoms with Crippen molar-refractivity contribution >= 4 is 11.8 Å². The van der Waals surface area contributed by atoms with Crippen molar-refractivity contribution in [3.63, 3.8) is 0 Å². The summed E-state index contributed by atoms with van der Waals surface area (Å²) in [6.45, 7) is 3.89. The fourth-order valence-corrected chi connectivity index (χ4v) is 2.17. The van der Waals surface area contributed by atoms with E-state index in [4.69, 9.17) is 4.74 Å². The van der Waals surface area contributed by atoms with Gasteiger partial charge in [-0.3, -0.25) is 4.79 Å². The molecule has 0 radical (unpaired) electrons. The van der Waals surface area contributed by atoms with Crippen LogP contribution in [0.2, 0.25) is 0 Å². The standard InChI is InChI=1S/C19H20O4/c1-3-13(2)14-8-10-15(11-9-14)18(21)12-23-19(22)16-6-4-5-7-17(16)20/h4-11,13,20H,3,12H2,1-2H3/t13-/m0/s1. The van der Waals surface area contributed by atoms with E-state index >= 15 is 0 Å². The highest BCUT2D eigenvalue weighted by molar-refractivity contribution is 5.99. The number of aromatic hydroxyl groups is 1. The lowest BCUT2D eigenvalue weighted by Crippen LogP contribution is -2.14. The van der Waals surface area contributed by atoms with Crippen LogP contribution in [0, 0.1) is 0 Å². The lowest BCUT2D eigenvalue weighted by molar-refractivity contribution is 0.0472. The summed E-state index contributed by atoms with van der Waals surface area (Å²) in [5.41, 5.74) is 1.73. The Kier molecular flexibility index (Phi) is 5.52. The molecule has 1 atom stereocenters. The molecule has 0 aliphatic rings. The van der Waals surface area contributed by atoms with Gasteiger partial charge in [0.25, 0.3) is 0 Å². The molecular formula is C19H20O4. The van der Waals surface area contributed by atoms with Crippen molar-refractivity contribution in [3.05, 3.63) is 65.2 Å². The van der Waals surface area contributed by atoms with Gasteiger partial charge in [0, 0.05) is 5.56 Å². The number of phenols is 1. The third kappa shape index (κ3) is 4.19. The SMILES string of the molecule is CC[C@H](C)c1ccc(C(=O)COC(=O)c2ccccc2O)cc1. The second-order valence-corrected chi connectivity index (χ2v) is 5.45. The van der Waals surface area contributed by atoms with E-state index in [1.807, 2.05) is 12.1 Å². The number of ketones is 1. The Hall–Kier alpha value is -2.62. The van der Waals surface area contributed by atoms with E-state index in [-0.39, 0.29) is 23.7 Å². The molecule has 0 amide bonds. The molecule has 0 saturated carbocycles. The number of hydrogen-bond donors (Lipinski definition) is 1. The van der Waals surface area contributed by atoms with Crippen molar-refractivity contribution < 1.29 is 19.4 Å². The van der Waals surface area contributed by atoms with Gasteiger partial charge in [0.05, 0.1) is 0 Å². The first kappa shape index (κ1) is 16.7. The number of hydrogen-bond acceptors (Lipinski definition) is 4. The van der Waals surface area contributed by atoms with Gasteiger partial charge in [0.2, 0.25) is 0 Å². The van der Waals surface area contributed by atoms with Crippen LogP contribution in [0.5, 0.6) is 5.75 Å². The first-order chi connectivity index (χ1) is 11.0. The van der Waals surface area contributed by atoms with E-state index in [0.717, 1.165) is 6.42 Å². The Morgan fingerprint density at radius 1 is 1.09 bits per heavy atom. The zero-order valence-electron chi connectivity index (χ0n) is 13.3.